The zero-order chi connectivity index (χ0) is 15.9. The predicted molar refractivity (Wildman–Crippen MR) is 72.7 cm³/mol. The van der Waals surface area contributed by atoms with Crippen molar-refractivity contribution in [1.29, 1.82) is 0 Å². The van der Waals surface area contributed by atoms with Crippen molar-refractivity contribution in [3.63, 3.8) is 0 Å². The third kappa shape index (κ3) is 3.21. The number of primary sulfonamides is 1. The molecule has 5 nitrogen and oxygen atoms in total. The molecule has 0 radical (unpaired) electrons. The molecule has 0 bridgehead atoms. The maximum absolute atomic E-state index is 14.0. The zero-order valence-electron chi connectivity index (χ0n) is 11.6. The van der Waals surface area contributed by atoms with Crippen molar-refractivity contribution in [1.82, 2.24) is 4.90 Å². The molecule has 1 amide bonds. The second-order valence-electron chi connectivity index (χ2n) is 5.39. The third-order valence-corrected chi connectivity index (χ3v) is 4.32. The summed E-state index contributed by atoms with van der Waals surface area (Å²) in [6, 6.07) is 2.38. The van der Waals surface area contributed by atoms with E-state index in [4.69, 9.17) is 5.14 Å². The summed E-state index contributed by atoms with van der Waals surface area (Å²) in [6.07, 6.45) is 0. The highest BCUT2D eigenvalue weighted by Gasteiger charge is 2.41. The van der Waals surface area contributed by atoms with E-state index in [1.165, 1.54) is 19.1 Å². The van der Waals surface area contributed by atoms with Crippen LogP contribution in [0.5, 0.6) is 0 Å². The van der Waals surface area contributed by atoms with Gasteiger partial charge in [-0.25, -0.2) is 22.3 Å². The molecule has 1 aliphatic heterocycles. The molecule has 1 saturated heterocycles. The number of likely N-dealkylation sites (tertiary alicyclic amines) is 1. The van der Waals surface area contributed by atoms with E-state index in [2.05, 4.69) is 0 Å². The average Bonchev–Trinajstić information content (AvgIpc) is 2.55. The van der Waals surface area contributed by atoms with Crippen LogP contribution in [-0.2, 0) is 14.8 Å². The summed E-state index contributed by atoms with van der Waals surface area (Å²) >= 11 is 0. The molecular weight excluding hydrogens is 302 g/mol. The zero-order valence-corrected chi connectivity index (χ0v) is 12.5. The summed E-state index contributed by atoms with van der Waals surface area (Å²) in [5.41, 5.74) is 0.255. The molecule has 1 aromatic rings. The largest absolute Gasteiger partial charge is 0.326 e. The first-order chi connectivity index (χ1) is 9.60. The van der Waals surface area contributed by atoms with Crippen LogP contribution in [0.15, 0.2) is 12.1 Å². The van der Waals surface area contributed by atoms with Gasteiger partial charge in [0.1, 0.15) is 17.5 Å². The molecule has 1 aliphatic rings. The molecule has 1 aromatic carbocycles. The highest BCUT2D eigenvalue weighted by Crippen LogP contribution is 2.36. The molecule has 2 N–H and O–H groups in total. The van der Waals surface area contributed by atoms with Crippen molar-refractivity contribution >= 4 is 15.9 Å². The topological polar surface area (TPSA) is 80.5 Å². The second-order valence-corrected chi connectivity index (χ2v) is 6.97. The SMILES string of the molecule is Cc1cc(F)c([C@@H]2CN(CS(N)(=O)=O)C(=O)[C@H]2C)c(F)c1. The van der Waals surface area contributed by atoms with E-state index < -0.39 is 45.3 Å². The lowest BCUT2D eigenvalue weighted by Crippen LogP contribution is -2.35. The van der Waals surface area contributed by atoms with Crippen LogP contribution in [0, 0.1) is 24.5 Å². The number of carbonyl (C=O) groups is 1. The smallest absolute Gasteiger partial charge is 0.227 e. The molecule has 2 rings (SSSR count). The van der Waals surface area contributed by atoms with E-state index in [0.717, 1.165) is 4.90 Å². The van der Waals surface area contributed by atoms with Crippen molar-refractivity contribution in [2.75, 3.05) is 12.4 Å². The molecule has 21 heavy (non-hydrogen) atoms. The van der Waals surface area contributed by atoms with Crippen LogP contribution in [0.25, 0.3) is 0 Å². The number of hydrogen-bond donors (Lipinski definition) is 1. The number of nitrogens with two attached hydrogens (primary N) is 1. The minimum absolute atomic E-state index is 0.0761. The number of hydrogen-bond acceptors (Lipinski definition) is 3. The normalized spacial score (nSPS) is 22.9. The van der Waals surface area contributed by atoms with Crippen LogP contribution in [0.3, 0.4) is 0 Å². The predicted octanol–water partition coefficient (Wildman–Crippen LogP) is 1.08. The number of rotatable bonds is 3. The van der Waals surface area contributed by atoms with E-state index in [1.54, 1.807) is 6.92 Å². The minimum Gasteiger partial charge on any atom is -0.326 e. The van der Waals surface area contributed by atoms with Gasteiger partial charge < -0.3 is 4.90 Å². The Morgan fingerprint density at radius 2 is 1.86 bits per heavy atom. The van der Waals surface area contributed by atoms with E-state index in [-0.39, 0.29) is 12.1 Å². The first kappa shape index (κ1) is 15.8. The lowest BCUT2D eigenvalue weighted by atomic mass is 9.88. The standard InChI is InChI=1S/C13H16F2N2O3S/c1-7-3-10(14)12(11(15)4-7)9-5-17(6-21(16,19)20)13(18)8(9)2/h3-4,8-9H,5-6H2,1-2H3,(H2,16,19,20)/t8-,9+/m0/s1. The second kappa shape index (κ2) is 5.34. The van der Waals surface area contributed by atoms with Gasteiger partial charge in [-0.3, -0.25) is 4.79 Å². The summed E-state index contributed by atoms with van der Waals surface area (Å²) in [7, 11) is -3.88. The Kier molecular flexibility index (Phi) is 4.03. The van der Waals surface area contributed by atoms with Crippen LogP contribution in [0.4, 0.5) is 8.78 Å². The quantitative estimate of drug-likeness (QED) is 0.905. The molecule has 116 valence electrons. The highest BCUT2D eigenvalue weighted by atomic mass is 32.2. The van der Waals surface area contributed by atoms with Gasteiger partial charge in [0, 0.05) is 23.9 Å². The number of benzene rings is 1. The number of amides is 1. The minimum atomic E-state index is -3.88. The lowest BCUT2D eigenvalue weighted by Gasteiger charge is -2.16. The van der Waals surface area contributed by atoms with Crippen LogP contribution in [-0.4, -0.2) is 31.6 Å². The number of aryl methyl sites for hydroxylation is 1. The fraction of sp³-hybridized carbons (Fsp3) is 0.462. The van der Waals surface area contributed by atoms with Crippen molar-refractivity contribution in [3.05, 3.63) is 34.9 Å². The van der Waals surface area contributed by atoms with Gasteiger partial charge in [-0.05, 0) is 24.6 Å². The molecule has 0 aromatic heterocycles. The average molecular weight is 318 g/mol. The Morgan fingerprint density at radius 1 is 1.33 bits per heavy atom. The molecule has 1 heterocycles. The Morgan fingerprint density at radius 3 is 2.33 bits per heavy atom. The van der Waals surface area contributed by atoms with Gasteiger partial charge in [0.15, 0.2) is 0 Å². The van der Waals surface area contributed by atoms with Crippen molar-refractivity contribution in [2.24, 2.45) is 11.1 Å². The summed E-state index contributed by atoms with van der Waals surface area (Å²) < 4.78 is 50.2. The first-order valence-corrected chi connectivity index (χ1v) is 8.06. The van der Waals surface area contributed by atoms with E-state index >= 15 is 0 Å². The van der Waals surface area contributed by atoms with Gasteiger partial charge in [0.2, 0.25) is 15.9 Å². The Labute approximate surface area is 121 Å². The Balaban J connectivity index is 2.36. The highest BCUT2D eigenvalue weighted by molar-refractivity contribution is 7.89. The molecule has 0 spiro atoms. The maximum Gasteiger partial charge on any atom is 0.227 e. The third-order valence-electron chi connectivity index (χ3n) is 3.65. The Bertz CT molecular complexity index is 668. The van der Waals surface area contributed by atoms with Crippen molar-refractivity contribution in [3.8, 4) is 0 Å². The summed E-state index contributed by atoms with van der Waals surface area (Å²) in [4.78, 5) is 13.0. The molecule has 0 unspecified atom stereocenters. The molecule has 0 saturated carbocycles. The first-order valence-electron chi connectivity index (χ1n) is 6.35. The number of sulfonamides is 1. The lowest BCUT2D eigenvalue weighted by molar-refractivity contribution is -0.129. The van der Waals surface area contributed by atoms with E-state index in [0.29, 0.717) is 5.56 Å². The van der Waals surface area contributed by atoms with Gasteiger partial charge in [0.05, 0.1) is 0 Å². The molecule has 8 heteroatoms. The summed E-state index contributed by atoms with van der Waals surface area (Å²) in [5.74, 6) is -4.03. The van der Waals surface area contributed by atoms with Gasteiger partial charge in [-0.15, -0.1) is 0 Å². The van der Waals surface area contributed by atoms with Gasteiger partial charge in [0.25, 0.3) is 0 Å². The van der Waals surface area contributed by atoms with Crippen LogP contribution in [0.1, 0.15) is 24.0 Å². The monoisotopic (exact) mass is 318 g/mol. The van der Waals surface area contributed by atoms with E-state index in [1.807, 2.05) is 0 Å². The molecular formula is C13H16F2N2O3S. The van der Waals surface area contributed by atoms with Crippen LogP contribution in [0.2, 0.25) is 0 Å². The molecule has 0 aliphatic carbocycles. The summed E-state index contributed by atoms with van der Waals surface area (Å²) in [5, 5.41) is 4.92. The van der Waals surface area contributed by atoms with Crippen molar-refractivity contribution in [2.45, 2.75) is 19.8 Å². The fourth-order valence-electron chi connectivity index (χ4n) is 2.69. The maximum atomic E-state index is 14.0. The summed E-state index contributed by atoms with van der Waals surface area (Å²) in [6.45, 7) is 3.01. The number of carbonyl (C=O) groups excluding carboxylic acids is 1. The molecule has 1 fully saturated rings. The van der Waals surface area contributed by atoms with E-state index in [9.17, 15) is 22.0 Å². The Hall–Kier alpha value is -1.54. The number of nitrogens with zero attached hydrogens (tertiary/aromatic N) is 1. The fourth-order valence-corrected chi connectivity index (χ4v) is 3.35. The van der Waals surface area contributed by atoms with Gasteiger partial charge in [-0.2, -0.15) is 0 Å². The number of halogens is 2. The van der Waals surface area contributed by atoms with Crippen LogP contribution < -0.4 is 5.14 Å². The molecule has 2 atom stereocenters. The van der Waals surface area contributed by atoms with Crippen LogP contribution >= 0.6 is 0 Å². The van der Waals surface area contributed by atoms with Gasteiger partial charge in [-0.1, -0.05) is 6.92 Å². The van der Waals surface area contributed by atoms with Crippen molar-refractivity contribution < 1.29 is 22.0 Å². The van der Waals surface area contributed by atoms with Gasteiger partial charge >= 0.3 is 0 Å².